The monoisotopic (exact) mass is 284 g/mol. The number of nitrogens with one attached hydrogen (secondary N) is 2. The molecule has 0 spiro atoms. The average molecular weight is 284 g/mol. The maximum absolute atomic E-state index is 12.0. The number of hydrogen-bond donors (Lipinski definition) is 2. The van der Waals surface area contributed by atoms with Gasteiger partial charge in [0.2, 0.25) is 10.0 Å². The molecular weight excluding hydrogens is 264 g/mol. The summed E-state index contributed by atoms with van der Waals surface area (Å²) in [7, 11) is -1.57. The third-order valence-corrected chi connectivity index (χ3v) is 5.19. The van der Waals surface area contributed by atoms with Crippen LogP contribution >= 0.6 is 0 Å². The molecule has 0 bridgehead atoms. The molecule has 1 heterocycles. The molecule has 1 unspecified atom stereocenters. The molecule has 5 nitrogen and oxygen atoms in total. The smallest absolute Gasteiger partial charge is 0.215 e. The van der Waals surface area contributed by atoms with Gasteiger partial charge in [-0.1, -0.05) is 12.1 Å². The lowest BCUT2D eigenvalue weighted by Crippen LogP contribution is -2.36. The molecule has 106 valence electrons. The second-order valence-electron chi connectivity index (χ2n) is 4.66. The van der Waals surface area contributed by atoms with Gasteiger partial charge in [-0.3, -0.25) is 0 Å². The van der Waals surface area contributed by atoms with Crippen LogP contribution in [0.15, 0.2) is 24.3 Å². The minimum absolute atomic E-state index is 0.294. The third kappa shape index (κ3) is 3.92. The second-order valence-corrected chi connectivity index (χ2v) is 6.70. The van der Waals surface area contributed by atoms with E-state index in [4.69, 9.17) is 4.74 Å². The molecule has 2 rings (SSSR count). The van der Waals surface area contributed by atoms with E-state index < -0.39 is 10.0 Å². The second kappa shape index (κ2) is 6.36. The Hall–Kier alpha value is -1.11. The van der Waals surface area contributed by atoms with Crippen molar-refractivity contribution in [3.8, 4) is 5.75 Å². The molecule has 1 fully saturated rings. The lowest BCUT2D eigenvalue weighted by atomic mass is 10.1. The van der Waals surface area contributed by atoms with Crippen LogP contribution in [0.25, 0.3) is 0 Å². The Bertz CT molecular complexity index is 510. The lowest BCUT2D eigenvalue weighted by Gasteiger charge is -2.12. The van der Waals surface area contributed by atoms with Crippen LogP contribution in [0.3, 0.4) is 0 Å². The molecule has 1 aliphatic rings. The first-order valence-corrected chi connectivity index (χ1v) is 7.98. The van der Waals surface area contributed by atoms with Crippen LogP contribution in [0.5, 0.6) is 5.75 Å². The van der Waals surface area contributed by atoms with Gasteiger partial charge in [0.25, 0.3) is 0 Å². The number of rotatable bonds is 6. The van der Waals surface area contributed by atoms with E-state index in [1.807, 2.05) is 24.3 Å². The Morgan fingerprint density at radius 3 is 3.00 bits per heavy atom. The maximum Gasteiger partial charge on any atom is 0.215 e. The molecule has 0 amide bonds. The van der Waals surface area contributed by atoms with E-state index in [-0.39, 0.29) is 5.25 Å². The number of methoxy groups -OCH3 is 1. The minimum atomic E-state index is -3.19. The normalized spacial score (nSPS) is 19.5. The third-order valence-electron chi connectivity index (χ3n) is 3.31. The van der Waals surface area contributed by atoms with Crippen molar-refractivity contribution in [1.82, 2.24) is 10.0 Å². The van der Waals surface area contributed by atoms with Gasteiger partial charge in [0, 0.05) is 13.1 Å². The predicted molar refractivity (Wildman–Crippen MR) is 74.9 cm³/mol. The summed E-state index contributed by atoms with van der Waals surface area (Å²) in [5.74, 6) is 0.792. The molecule has 0 radical (unpaired) electrons. The number of ether oxygens (including phenoxy) is 1. The standard InChI is InChI=1S/C13H20N2O3S/c1-18-12-4-2-3-11(9-12)5-8-15-19(16,17)13-6-7-14-10-13/h2-4,9,13-15H,5-8,10H2,1H3. The van der Waals surface area contributed by atoms with E-state index in [0.717, 1.165) is 17.9 Å². The van der Waals surface area contributed by atoms with E-state index in [9.17, 15) is 8.42 Å². The van der Waals surface area contributed by atoms with Gasteiger partial charge in [0.1, 0.15) is 5.75 Å². The van der Waals surface area contributed by atoms with Gasteiger partial charge in [-0.25, -0.2) is 13.1 Å². The van der Waals surface area contributed by atoms with E-state index in [1.54, 1.807) is 7.11 Å². The van der Waals surface area contributed by atoms with Crippen molar-refractivity contribution in [3.05, 3.63) is 29.8 Å². The van der Waals surface area contributed by atoms with Crippen molar-refractivity contribution in [2.24, 2.45) is 0 Å². The first-order chi connectivity index (χ1) is 9.12. The fraction of sp³-hybridized carbons (Fsp3) is 0.538. The van der Waals surface area contributed by atoms with Crippen LogP contribution in [0, 0.1) is 0 Å². The summed E-state index contributed by atoms with van der Waals surface area (Å²) >= 11 is 0. The summed E-state index contributed by atoms with van der Waals surface area (Å²) in [6, 6.07) is 7.67. The zero-order valence-corrected chi connectivity index (χ0v) is 11.9. The maximum atomic E-state index is 12.0. The summed E-state index contributed by atoms with van der Waals surface area (Å²) in [5, 5.41) is 2.77. The van der Waals surface area contributed by atoms with E-state index in [0.29, 0.717) is 25.9 Å². The highest BCUT2D eigenvalue weighted by molar-refractivity contribution is 7.90. The first kappa shape index (κ1) is 14.3. The molecule has 1 aromatic carbocycles. The summed E-state index contributed by atoms with van der Waals surface area (Å²) in [5.41, 5.74) is 1.06. The highest BCUT2D eigenvalue weighted by atomic mass is 32.2. The molecule has 0 aromatic heterocycles. The van der Waals surface area contributed by atoms with Crippen molar-refractivity contribution in [2.45, 2.75) is 18.1 Å². The summed E-state index contributed by atoms with van der Waals surface area (Å²) in [6.07, 6.45) is 1.35. The molecule has 1 aliphatic heterocycles. The van der Waals surface area contributed by atoms with Crippen molar-refractivity contribution in [2.75, 3.05) is 26.7 Å². The fourth-order valence-electron chi connectivity index (χ4n) is 2.18. The highest BCUT2D eigenvalue weighted by Gasteiger charge is 2.27. The molecule has 0 saturated carbocycles. The van der Waals surface area contributed by atoms with Crippen molar-refractivity contribution in [3.63, 3.8) is 0 Å². The van der Waals surface area contributed by atoms with Crippen LogP contribution in [0.1, 0.15) is 12.0 Å². The highest BCUT2D eigenvalue weighted by Crippen LogP contribution is 2.13. The van der Waals surface area contributed by atoms with Crippen LogP contribution in [0.2, 0.25) is 0 Å². The van der Waals surface area contributed by atoms with Crippen LogP contribution < -0.4 is 14.8 Å². The molecule has 2 N–H and O–H groups in total. The van der Waals surface area contributed by atoms with E-state index in [2.05, 4.69) is 10.0 Å². The van der Waals surface area contributed by atoms with Gasteiger partial charge < -0.3 is 10.1 Å². The van der Waals surface area contributed by atoms with Crippen LogP contribution in [-0.2, 0) is 16.4 Å². The average Bonchev–Trinajstić information content (AvgIpc) is 2.93. The van der Waals surface area contributed by atoms with Crippen molar-refractivity contribution in [1.29, 1.82) is 0 Å². The number of hydrogen-bond acceptors (Lipinski definition) is 4. The Balaban J connectivity index is 1.85. The first-order valence-electron chi connectivity index (χ1n) is 6.44. The molecular formula is C13H20N2O3S. The lowest BCUT2D eigenvalue weighted by molar-refractivity contribution is 0.414. The number of sulfonamides is 1. The topological polar surface area (TPSA) is 67.4 Å². The zero-order valence-electron chi connectivity index (χ0n) is 11.1. The molecule has 1 atom stereocenters. The van der Waals surface area contributed by atoms with E-state index >= 15 is 0 Å². The fourth-order valence-corrected chi connectivity index (χ4v) is 3.56. The quantitative estimate of drug-likeness (QED) is 0.799. The minimum Gasteiger partial charge on any atom is -0.497 e. The SMILES string of the molecule is COc1cccc(CCNS(=O)(=O)C2CCNC2)c1. The molecule has 1 saturated heterocycles. The Labute approximate surface area is 114 Å². The zero-order chi connectivity index (χ0) is 13.7. The van der Waals surface area contributed by atoms with Crippen molar-refractivity contribution < 1.29 is 13.2 Å². The summed E-state index contributed by atoms with van der Waals surface area (Å²) in [6.45, 7) is 1.75. The van der Waals surface area contributed by atoms with Gasteiger partial charge in [-0.15, -0.1) is 0 Å². The number of benzene rings is 1. The van der Waals surface area contributed by atoms with E-state index in [1.165, 1.54) is 0 Å². The van der Waals surface area contributed by atoms with Gasteiger partial charge in [0.05, 0.1) is 12.4 Å². The largest absolute Gasteiger partial charge is 0.497 e. The van der Waals surface area contributed by atoms with Gasteiger partial charge >= 0.3 is 0 Å². The predicted octanol–water partition coefficient (Wildman–Crippen LogP) is 0.519. The van der Waals surface area contributed by atoms with Gasteiger partial charge in [-0.2, -0.15) is 0 Å². The summed E-state index contributed by atoms with van der Waals surface area (Å²) < 4.78 is 31.8. The molecule has 6 heteroatoms. The Morgan fingerprint density at radius 2 is 2.32 bits per heavy atom. The molecule has 0 aliphatic carbocycles. The van der Waals surface area contributed by atoms with Crippen LogP contribution in [-0.4, -0.2) is 40.4 Å². The van der Waals surface area contributed by atoms with Crippen molar-refractivity contribution >= 4 is 10.0 Å². The summed E-state index contributed by atoms with van der Waals surface area (Å²) in [4.78, 5) is 0. The van der Waals surface area contributed by atoms with Crippen LogP contribution in [0.4, 0.5) is 0 Å². The van der Waals surface area contributed by atoms with Gasteiger partial charge in [-0.05, 0) is 37.1 Å². The van der Waals surface area contributed by atoms with Gasteiger partial charge in [0.15, 0.2) is 0 Å². The molecule has 19 heavy (non-hydrogen) atoms. The Kier molecular flexibility index (Phi) is 4.79. The Morgan fingerprint density at radius 1 is 1.47 bits per heavy atom. The molecule has 1 aromatic rings.